The molecule has 1 fully saturated rings. The minimum Gasteiger partial charge on any atom is -0.331 e. The number of carbonyl (C=O) groups excluding carboxylic acids is 1. The molecule has 21 heavy (non-hydrogen) atoms. The van der Waals surface area contributed by atoms with Crippen LogP contribution < -0.4 is 0 Å². The molecule has 0 spiro atoms. The zero-order chi connectivity index (χ0) is 14.8. The topological polar surface area (TPSA) is 33.2 Å². The van der Waals surface area contributed by atoms with Gasteiger partial charge in [-0.25, -0.2) is 4.98 Å². The predicted octanol–water partition coefficient (Wildman–Crippen LogP) is 4.41. The fourth-order valence-electron chi connectivity index (χ4n) is 2.26. The number of aromatic nitrogens is 1. The van der Waals surface area contributed by atoms with Crippen LogP contribution in [0.4, 0.5) is 0 Å². The molecule has 2 aromatic rings. The highest BCUT2D eigenvalue weighted by molar-refractivity contribution is 9.10. The lowest BCUT2D eigenvalue weighted by Crippen LogP contribution is -2.32. The molecule has 0 bridgehead atoms. The highest BCUT2D eigenvalue weighted by atomic mass is 79.9. The number of pyridine rings is 1. The molecule has 108 valence electrons. The summed E-state index contributed by atoms with van der Waals surface area (Å²) in [5.74, 6) is 0.0661. The van der Waals surface area contributed by atoms with E-state index >= 15 is 0 Å². The van der Waals surface area contributed by atoms with Gasteiger partial charge in [0.25, 0.3) is 5.91 Å². The maximum Gasteiger partial charge on any atom is 0.254 e. The third kappa shape index (κ3) is 3.52. The van der Waals surface area contributed by atoms with E-state index in [1.54, 1.807) is 18.3 Å². The number of amides is 1. The van der Waals surface area contributed by atoms with Crippen LogP contribution in [-0.2, 0) is 6.54 Å². The van der Waals surface area contributed by atoms with E-state index in [0.717, 1.165) is 22.9 Å². The summed E-state index contributed by atoms with van der Waals surface area (Å²) in [6.07, 6.45) is 3.83. The van der Waals surface area contributed by atoms with Gasteiger partial charge >= 0.3 is 0 Å². The Bertz CT molecular complexity index is 671. The molecule has 1 aliphatic carbocycles. The van der Waals surface area contributed by atoms with Crippen molar-refractivity contribution in [1.82, 2.24) is 9.88 Å². The van der Waals surface area contributed by atoms with Crippen molar-refractivity contribution in [3.05, 3.63) is 62.8 Å². The van der Waals surface area contributed by atoms with Crippen LogP contribution in [0, 0.1) is 0 Å². The monoisotopic (exact) mass is 408 g/mol. The van der Waals surface area contributed by atoms with Crippen molar-refractivity contribution >= 4 is 37.8 Å². The van der Waals surface area contributed by atoms with Crippen LogP contribution in [0.3, 0.4) is 0 Å². The highest BCUT2D eigenvalue weighted by Gasteiger charge is 2.33. The smallest absolute Gasteiger partial charge is 0.254 e. The van der Waals surface area contributed by atoms with Crippen LogP contribution >= 0.6 is 31.9 Å². The average molecular weight is 410 g/mol. The zero-order valence-electron chi connectivity index (χ0n) is 11.3. The van der Waals surface area contributed by atoms with Crippen molar-refractivity contribution in [2.75, 3.05) is 0 Å². The second-order valence-electron chi connectivity index (χ2n) is 5.12. The van der Waals surface area contributed by atoms with Gasteiger partial charge in [-0.2, -0.15) is 0 Å². The van der Waals surface area contributed by atoms with Gasteiger partial charge in [0.2, 0.25) is 0 Å². The van der Waals surface area contributed by atoms with Gasteiger partial charge in [0.05, 0.1) is 0 Å². The van der Waals surface area contributed by atoms with Gasteiger partial charge in [-0.15, -0.1) is 0 Å². The molecule has 0 atom stereocenters. The summed E-state index contributed by atoms with van der Waals surface area (Å²) >= 11 is 6.88. The van der Waals surface area contributed by atoms with Crippen molar-refractivity contribution in [3.8, 4) is 0 Å². The Hall–Kier alpha value is -1.20. The molecule has 1 heterocycles. The normalized spacial score (nSPS) is 14.0. The number of carbonyl (C=O) groups is 1. The average Bonchev–Trinajstić information content (AvgIpc) is 3.30. The second-order valence-corrected chi connectivity index (χ2v) is 6.79. The van der Waals surface area contributed by atoms with Crippen molar-refractivity contribution in [3.63, 3.8) is 0 Å². The van der Waals surface area contributed by atoms with E-state index in [1.165, 1.54) is 0 Å². The van der Waals surface area contributed by atoms with E-state index in [0.29, 0.717) is 22.8 Å². The first-order chi connectivity index (χ1) is 10.1. The Morgan fingerprint density at radius 2 is 2.00 bits per heavy atom. The Labute approximate surface area is 140 Å². The van der Waals surface area contributed by atoms with Crippen LogP contribution in [-0.4, -0.2) is 21.8 Å². The van der Waals surface area contributed by atoms with E-state index < -0.39 is 0 Å². The molecule has 0 aliphatic heterocycles. The molecule has 0 unspecified atom stereocenters. The van der Waals surface area contributed by atoms with Crippen molar-refractivity contribution in [1.29, 1.82) is 0 Å². The van der Waals surface area contributed by atoms with Gasteiger partial charge in [-0.1, -0.05) is 34.1 Å². The number of rotatable bonds is 4. The van der Waals surface area contributed by atoms with E-state index in [-0.39, 0.29) is 5.91 Å². The molecule has 1 aliphatic rings. The van der Waals surface area contributed by atoms with Crippen LogP contribution in [0.5, 0.6) is 0 Å². The number of hydrogen-bond donors (Lipinski definition) is 0. The molecule has 5 heteroatoms. The number of halogens is 2. The summed E-state index contributed by atoms with van der Waals surface area (Å²) in [6, 6.07) is 11.9. The molecule has 0 radical (unpaired) electrons. The molecule has 1 aromatic heterocycles. The van der Waals surface area contributed by atoms with Crippen LogP contribution in [0.1, 0.15) is 28.8 Å². The SMILES string of the molecule is O=C(c1ccnc(Br)c1)N(Cc1ccccc1Br)C1CC1. The lowest BCUT2D eigenvalue weighted by molar-refractivity contribution is 0.0729. The van der Waals surface area contributed by atoms with Gasteiger partial charge in [0.15, 0.2) is 0 Å². The fraction of sp³-hybridized carbons (Fsp3) is 0.250. The fourth-order valence-corrected chi connectivity index (χ4v) is 3.04. The highest BCUT2D eigenvalue weighted by Crippen LogP contribution is 2.31. The van der Waals surface area contributed by atoms with E-state index in [2.05, 4.69) is 42.9 Å². The van der Waals surface area contributed by atoms with E-state index in [9.17, 15) is 4.79 Å². The summed E-state index contributed by atoms with van der Waals surface area (Å²) in [5, 5.41) is 0. The quantitative estimate of drug-likeness (QED) is 0.700. The maximum atomic E-state index is 12.8. The first kappa shape index (κ1) is 14.7. The maximum absolute atomic E-state index is 12.8. The van der Waals surface area contributed by atoms with Crippen molar-refractivity contribution in [2.24, 2.45) is 0 Å². The summed E-state index contributed by atoms with van der Waals surface area (Å²) < 4.78 is 1.73. The summed E-state index contributed by atoms with van der Waals surface area (Å²) in [6.45, 7) is 0.630. The summed E-state index contributed by atoms with van der Waals surface area (Å²) in [5.41, 5.74) is 1.81. The number of nitrogens with zero attached hydrogens (tertiary/aromatic N) is 2. The van der Waals surface area contributed by atoms with Gasteiger partial charge < -0.3 is 4.90 Å². The van der Waals surface area contributed by atoms with Gasteiger partial charge in [-0.05, 0) is 52.5 Å². The largest absolute Gasteiger partial charge is 0.331 e. The third-order valence-electron chi connectivity index (χ3n) is 3.52. The Balaban J connectivity index is 1.85. The van der Waals surface area contributed by atoms with Gasteiger partial charge in [0, 0.05) is 28.8 Å². The third-order valence-corrected chi connectivity index (χ3v) is 4.73. The number of hydrogen-bond acceptors (Lipinski definition) is 2. The van der Waals surface area contributed by atoms with Gasteiger partial charge in [0.1, 0.15) is 4.60 Å². The standard InChI is InChI=1S/C16H14Br2N2O/c17-14-4-2-1-3-12(14)10-20(13-5-6-13)16(21)11-7-8-19-15(18)9-11/h1-4,7-9,13H,5-6,10H2. The number of benzene rings is 1. The molecular weight excluding hydrogens is 396 g/mol. The molecular formula is C16H14Br2N2O. The van der Waals surface area contributed by atoms with Crippen LogP contribution in [0.15, 0.2) is 51.7 Å². The van der Waals surface area contributed by atoms with E-state index in [1.807, 2.05) is 23.1 Å². The summed E-state index contributed by atoms with van der Waals surface area (Å²) in [7, 11) is 0. The molecule has 1 aromatic carbocycles. The first-order valence-corrected chi connectivity index (χ1v) is 8.39. The second kappa shape index (κ2) is 6.28. The van der Waals surface area contributed by atoms with Crippen molar-refractivity contribution in [2.45, 2.75) is 25.4 Å². The van der Waals surface area contributed by atoms with E-state index in [4.69, 9.17) is 0 Å². The summed E-state index contributed by atoms with van der Waals surface area (Å²) in [4.78, 5) is 18.8. The lowest BCUT2D eigenvalue weighted by Gasteiger charge is -2.23. The van der Waals surface area contributed by atoms with Crippen LogP contribution in [0.25, 0.3) is 0 Å². The van der Waals surface area contributed by atoms with Crippen molar-refractivity contribution < 1.29 is 4.79 Å². The Morgan fingerprint density at radius 1 is 1.24 bits per heavy atom. The first-order valence-electron chi connectivity index (χ1n) is 6.81. The minimum absolute atomic E-state index is 0.0661. The molecule has 1 amide bonds. The van der Waals surface area contributed by atoms with Gasteiger partial charge in [-0.3, -0.25) is 4.79 Å². The Morgan fingerprint density at radius 3 is 2.67 bits per heavy atom. The van der Waals surface area contributed by atoms with Crippen LogP contribution in [0.2, 0.25) is 0 Å². The molecule has 3 rings (SSSR count). The molecule has 1 saturated carbocycles. The zero-order valence-corrected chi connectivity index (χ0v) is 14.5. The molecule has 0 saturated heterocycles. The minimum atomic E-state index is 0.0661. The Kier molecular flexibility index (Phi) is 4.40. The molecule has 0 N–H and O–H groups in total. The molecule has 3 nitrogen and oxygen atoms in total. The predicted molar refractivity (Wildman–Crippen MR) is 89.0 cm³/mol. The lowest BCUT2D eigenvalue weighted by atomic mass is 10.1.